The van der Waals surface area contributed by atoms with Gasteiger partial charge in [-0.15, -0.1) is 0 Å². The Labute approximate surface area is 182 Å². The summed E-state index contributed by atoms with van der Waals surface area (Å²) in [7, 11) is -2.53. The summed E-state index contributed by atoms with van der Waals surface area (Å²) in [4.78, 5) is 12.9. The van der Waals surface area contributed by atoms with Crippen LogP contribution in [0, 0.1) is 0 Å². The maximum atomic E-state index is 12.9. The van der Waals surface area contributed by atoms with Crippen LogP contribution in [-0.4, -0.2) is 28.0 Å². The van der Waals surface area contributed by atoms with Crippen molar-refractivity contribution in [1.82, 2.24) is 5.32 Å². The molecule has 0 fully saturated rings. The predicted octanol–water partition coefficient (Wildman–Crippen LogP) is 3.24. The fourth-order valence-electron chi connectivity index (χ4n) is 3.13. The van der Waals surface area contributed by atoms with E-state index in [2.05, 4.69) is 5.32 Å². The predicted molar refractivity (Wildman–Crippen MR) is 122 cm³/mol. The van der Waals surface area contributed by atoms with Crippen LogP contribution in [0.1, 0.15) is 16.7 Å². The number of carbonyl (C=O) groups is 1. The standard InChI is InChI=1S/C24H24N2O4S/c1-30-22-13-12-19(17-23(22)31(25,28)29)14-15-26-24(27)21(20-10-6-3-7-11-20)16-18-8-4-2-5-9-18/h2-13,16-17H,14-15H2,1H3,(H,26,27)(H2,25,28,29). The van der Waals surface area contributed by atoms with Crippen molar-refractivity contribution in [3.05, 3.63) is 95.6 Å². The van der Waals surface area contributed by atoms with Gasteiger partial charge in [0, 0.05) is 12.1 Å². The highest BCUT2D eigenvalue weighted by atomic mass is 32.2. The Morgan fingerprint density at radius 1 is 1.00 bits per heavy atom. The van der Waals surface area contributed by atoms with Gasteiger partial charge in [0.05, 0.1) is 7.11 Å². The van der Waals surface area contributed by atoms with E-state index in [1.54, 1.807) is 12.1 Å². The average Bonchev–Trinajstić information content (AvgIpc) is 2.78. The van der Waals surface area contributed by atoms with E-state index < -0.39 is 10.0 Å². The number of amides is 1. The normalized spacial score (nSPS) is 11.7. The molecule has 0 atom stereocenters. The van der Waals surface area contributed by atoms with Crippen molar-refractivity contribution in [3.8, 4) is 5.75 Å². The van der Waals surface area contributed by atoms with Crippen molar-refractivity contribution >= 4 is 27.6 Å². The fourth-order valence-corrected chi connectivity index (χ4v) is 3.88. The Morgan fingerprint density at radius 3 is 2.26 bits per heavy atom. The summed E-state index contributed by atoms with van der Waals surface area (Å²) in [6.45, 7) is 0.328. The third-order valence-electron chi connectivity index (χ3n) is 4.67. The van der Waals surface area contributed by atoms with Crippen LogP contribution in [0.3, 0.4) is 0 Å². The summed E-state index contributed by atoms with van der Waals surface area (Å²) >= 11 is 0. The highest BCUT2D eigenvalue weighted by molar-refractivity contribution is 7.89. The number of hydrogen-bond acceptors (Lipinski definition) is 4. The first-order valence-electron chi connectivity index (χ1n) is 9.68. The minimum Gasteiger partial charge on any atom is -0.495 e. The number of sulfonamides is 1. The molecule has 0 aromatic heterocycles. The number of methoxy groups -OCH3 is 1. The van der Waals surface area contributed by atoms with Gasteiger partial charge in [0.15, 0.2) is 0 Å². The zero-order valence-corrected chi connectivity index (χ0v) is 17.9. The number of primary sulfonamides is 1. The van der Waals surface area contributed by atoms with E-state index in [1.165, 1.54) is 13.2 Å². The quantitative estimate of drug-likeness (QED) is 0.418. The zero-order chi connectivity index (χ0) is 22.3. The van der Waals surface area contributed by atoms with Crippen LogP contribution < -0.4 is 15.2 Å². The van der Waals surface area contributed by atoms with Crippen LogP contribution in [-0.2, 0) is 21.2 Å². The van der Waals surface area contributed by atoms with Crippen LogP contribution in [0.25, 0.3) is 11.6 Å². The summed E-state index contributed by atoms with van der Waals surface area (Å²) in [5, 5.41) is 8.19. The summed E-state index contributed by atoms with van der Waals surface area (Å²) in [6, 6.07) is 23.8. The van der Waals surface area contributed by atoms with E-state index in [0.29, 0.717) is 18.5 Å². The van der Waals surface area contributed by atoms with Gasteiger partial charge < -0.3 is 10.1 Å². The molecular formula is C24H24N2O4S. The first-order valence-corrected chi connectivity index (χ1v) is 11.2. The summed E-state index contributed by atoms with van der Waals surface area (Å²) in [6.07, 6.45) is 2.28. The second kappa shape index (κ2) is 10.1. The van der Waals surface area contributed by atoms with Crippen molar-refractivity contribution in [2.75, 3.05) is 13.7 Å². The van der Waals surface area contributed by atoms with E-state index >= 15 is 0 Å². The van der Waals surface area contributed by atoms with Crippen LogP contribution >= 0.6 is 0 Å². The molecule has 7 heteroatoms. The molecule has 0 aliphatic heterocycles. The molecule has 0 aliphatic carbocycles. The maximum absolute atomic E-state index is 12.9. The summed E-state index contributed by atoms with van der Waals surface area (Å²) in [5.41, 5.74) is 3.00. The number of hydrogen-bond donors (Lipinski definition) is 2. The molecule has 0 saturated carbocycles. The molecule has 1 amide bonds. The molecule has 0 spiro atoms. The Hall–Kier alpha value is -3.42. The Bertz CT molecular complexity index is 1170. The molecule has 0 bridgehead atoms. The monoisotopic (exact) mass is 436 g/mol. The number of rotatable bonds is 8. The van der Waals surface area contributed by atoms with E-state index in [1.807, 2.05) is 66.7 Å². The molecule has 0 saturated heterocycles. The molecular weight excluding hydrogens is 412 g/mol. The third kappa shape index (κ3) is 6.04. The Kier molecular flexibility index (Phi) is 7.23. The molecule has 31 heavy (non-hydrogen) atoms. The molecule has 0 radical (unpaired) electrons. The second-order valence-electron chi connectivity index (χ2n) is 6.87. The first kappa shape index (κ1) is 22.3. The summed E-state index contributed by atoms with van der Waals surface area (Å²) < 4.78 is 28.6. The minimum atomic E-state index is -3.91. The molecule has 3 aromatic rings. The Morgan fingerprint density at radius 2 is 1.65 bits per heavy atom. The molecule has 3 N–H and O–H groups in total. The van der Waals surface area contributed by atoms with Crippen LogP contribution in [0.2, 0.25) is 0 Å². The fraction of sp³-hybridized carbons (Fsp3) is 0.125. The average molecular weight is 437 g/mol. The van der Waals surface area contributed by atoms with E-state index in [4.69, 9.17) is 9.88 Å². The Balaban J connectivity index is 1.76. The van der Waals surface area contributed by atoms with Crippen molar-refractivity contribution < 1.29 is 17.9 Å². The lowest BCUT2D eigenvalue weighted by atomic mass is 10.0. The summed E-state index contributed by atoms with van der Waals surface area (Å²) in [5.74, 6) is -0.0253. The zero-order valence-electron chi connectivity index (χ0n) is 17.1. The van der Waals surface area contributed by atoms with Gasteiger partial charge in [-0.3, -0.25) is 4.79 Å². The lowest BCUT2D eigenvalue weighted by molar-refractivity contribution is -0.115. The van der Waals surface area contributed by atoms with E-state index in [-0.39, 0.29) is 16.6 Å². The highest BCUT2D eigenvalue weighted by Gasteiger charge is 2.16. The molecule has 0 unspecified atom stereocenters. The van der Waals surface area contributed by atoms with Crippen molar-refractivity contribution in [3.63, 3.8) is 0 Å². The lowest BCUT2D eigenvalue weighted by Gasteiger charge is -2.11. The molecule has 3 rings (SSSR count). The van der Waals surface area contributed by atoms with Crippen LogP contribution in [0.4, 0.5) is 0 Å². The first-order chi connectivity index (χ1) is 14.9. The van der Waals surface area contributed by atoms with E-state index in [9.17, 15) is 13.2 Å². The topological polar surface area (TPSA) is 98.5 Å². The lowest BCUT2D eigenvalue weighted by Crippen LogP contribution is -2.26. The third-order valence-corrected chi connectivity index (χ3v) is 5.61. The van der Waals surface area contributed by atoms with Gasteiger partial charge in [0.1, 0.15) is 10.6 Å². The van der Waals surface area contributed by atoms with Crippen molar-refractivity contribution in [1.29, 1.82) is 0 Å². The number of nitrogens with two attached hydrogens (primary N) is 1. The van der Waals surface area contributed by atoms with Crippen molar-refractivity contribution in [2.24, 2.45) is 5.14 Å². The van der Waals surface area contributed by atoms with Crippen LogP contribution in [0.5, 0.6) is 5.75 Å². The van der Waals surface area contributed by atoms with Crippen molar-refractivity contribution in [2.45, 2.75) is 11.3 Å². The maximum Gasteiger partial charge on any atom is 0.251 e. The minimum absolute atomic E-state index is 0.0761. The molecule has 160 valence electrons. The number of carbonyl (C=O) groups excluding carboxylic acids is 1. The number of nitrogens with one attached hydrogen (secondary N) is 1. The van der Waals surface area contributed by atoms with Gasteiger partial charge in [-0.05, 0) is 41.3 Å². The molecule has 3 aromatic carbocycles. The molecule has 6 nitrogen and oxygen atoms in total. The SMILES string of the molecule is COc1ccc(CCNC(=O)C(=Cc2ccccc2)c2ccccc2)cc1S(N)(=O)=O. The molecule has 0 aliphatic rings. The van der Waals surface area contributed by atoms with Gasteiger partial charge in [-0.25, -0.2) is 13.6 Å². The number of benzene rings is 3. The number of ether oxygens (including phenoxy) is 1. The largest absolute Gasteiger partial charge is 0.495 e. The van der Waals surface area contributed by atoms with Crippen LogP contribution in [0.15, 0.2) is 83.8 Å². The van der Waals surface area contributed by atoms with Gasteiger partial charge >= 0.3 is 0 Å². The van der Waals surface area contributed by atoms with Gasteiger partial charge in [-0.1, -0.05) is 66.7 Å². The molecule has 0 heterocycles. The van der Waals surface area contributed by atoms with Gasteiger partial charge in [0.25, 0.3) is 5.91 Å². The van der Waals surface area contributed by atoms with Gasteiger partial charge in [-0.2, -0.15) is 0 Å². The van der Waals surface area contributed by atoms with E-state index in [0.717, 1.165) is 16.7 Å². The van der Waals surface area contributed by atoms with Gasteiger partial charge in [0.2, 0.25) is 10.0 Å². The second-order valence-corrected chi connectivity index (χ2v) is 8.40. The highest BCUT2D eigenvalue weighted by Crippen LogP contribution is 2.24. The smallest absolute Gasteiger partial charge is 0.251 e.